The van der Waals surface area contributed by atoms with E-state index in [1.807, 2.05) is 6.07 Å². The number of hydrogen-bond acceptors (Lipinski definition) is 3. The van der Waals surface area contributed by atoms with Crippen molar-refractivity contribution in [3.63, 3.8) is 0 Å². The van der Waals surface area contributed by atoms with Crippen molar-refractivity contribution in [2.75, 3.05) is 25.0 Å². The van der Waals surface area contributed by atoms with Gasteiger partial charge in [0.15, 0.2) is 0 Å². The molecule has 1 aliphatic heterocycles. The Balaban J connectivity index is 1.58. The number of anilines is 1. The van der Waals surface area contributed by atoms with Crippen molar-refractivity contribution < 1.29 is 9.90 Å². The highest BCUT2D eigenvalue weighted by atomic mass is 16.3. The van der Waals surface area contributed by atoms with Crippen molar-refractivity contribution in [3.8, 4) is 0 Å². The Labute approximate surface area is 126 Å². The molecule has 1 heterocycles. The summed E-state index contributed by atoms with van der Waals surface area (Å²) in [6.45, 7) is 1.34. The van der Waals surface area contributed by atoms with Gasteiger partial charge in [-0.1, -0.05) is 25.0 Å². The summed E-state index contributed by atoms with van der Waals surface area (Å²) in [6, 6.07) is 6.11. The topological polar surface area (TPSA) is 52.6 Å². The Bertz CT molecular complexity index is 524. The number of carbonyl (C=O) groups excluding carboxylic acids is 1. The lowest BCUT2D eigenvalue weighted by Gasteiger charge is -2.16. The summed E-state index contributed by atoms with van der Waals surface area (Å²) in [7, 11) is 2.09. The molecule has 4 heteroatoms. The maximum absolute atomic E-state index is 12.0. The molecule has 1 atom stereocenters. The van der Waals surface area contributed by atoms with Gasteiger partial charge < -0.3 is 15.3 Å². The first kappa shape index (κ1) is 14.4. The monoisotopic (exact) mass is 288 g/mol. The van der Waals surface area contributed by atoms with Crippen molar-refractivity contribution in [3.05, 3.63) is 29.3 Å². The first-order chi connectivity index (χ1) is 10.1. The second-order valence-corrected chi connectivity index (χ2v) is 6.30. The molecular formula is C17H24N2O2. The van der Waals surface area contributed by atoms with Crippen LogP contribution in [-0.4, -0.2) is 31.2 Å². The van der Waals surface area contributed by atoms with E-state index in [2.05, 4.69) is 29.4 Å². The maximum atomic E-state index is 12.0. The number of aliphatic hydroxyl groups is 1. The highest BCUT2D eigenvalue weighted by Crippen LogP contribution is 2.29. The maximum Gasteiger partial charge on any atom is 0.223 e. The zero-order chi connectivity index (χ0) is 14.8. The molecule has 0 aromatic heterocycles. The van der Waals surface area contributed by atoms with E-state index < -0.39 is 6.10 Å². The van der Waals surface area contributed by atoms with E-state index in [1.165, 1.54) is 11.3 Å². The summed E-state index contributed by atoms with van der Waals surface area (Å²) >= 11 is 0. The van der Waals surface area contributed by atoms with Crippen molar-refractivity contribution in [2.45, 2.75) is 38.2 Å². The fourth-order valence-electron chi connectivity index (χ4n) is 3.44. The predicted octanol–water partition coefficient (Wildman–Crippen LogP) is 2.02. The second kappa shape index (κ2) is 6.06. The second-order valence-electron chi connectivity index (χ2n) is 6.30. The molecule has 2 N–H and O–H groups in total. The molecule has 1 aliphatic carbocycles. The van der Waals surface area contributed by atoms with E-state index in [1.54, 1.807) is 0 Å². The molecule has 0 bridgehead atoms. The molecule has 1 amide bonds. The van der Waals surface area contributed by atoms with E-state index >= 15 is 0 Å². The van der Waals surface area contributed by atoms with Gasteiger partial charge in [-0.25, -0.2) is 0 Å². The number of aliphatic hydroxyl groups excluding tert-OH is 1. The van der Waals surface area contributed by atoms with Crippen molar-refractivity contribution in [1.82, 2.24) is 5.32 Å². The average Bonchev–Trinajstić information content (AvgIpc) is 3.14. The van der Waals surface area contributed by atoms with Crippen LogP contribution in [0, 0.1) is 5.92 Å². The molecule has 1 fully saturated rings. The van der Waals surface area contributed by atoms with Gasteiger partial charge in [0, 0.05) is 31.7 Å². The predicted molar refractivity (Wildman–Crippen MR) is 83.3 cm³/mol. The normalized spacial score (nSPS) is 19.6. The molecule has 1 saturated carbocycles. The SMILES string of the molecule is CN1CCc2cc(C(O)CNC(=O)C3CCCC3)ccc21. The molecule has 114 valence electrons. The molecule has 1 aromatic rings. The van der Waals surface area contributed by atoms with E-state index in [4.69, 9.17) is 0 Å². The van der Waals surface area contributed by atoms with Gasteiger partial charge in [-0.05, 0) is 36.5 Å². The highest BCUT2D eigenvalue weighted by Gasteiger charge is 2.23. The first-order valence-corrected chi connectivity index (χ1v) is 7.95. The standard InChI is InChI=1S/C17H24N2O2/c1-19-9-8-13-10-14(6-7-15(13)19)16(20)11-18-17(21)12-4-2-3-5-12/h6-7,10,12,16,20H,2-5,8-9,11H2,1H3,(H,18,21). The number of hydrogen-bond donors (Lipinski definition) is 2. The number of amides is 1. The van der Waals surface area contributed by atoms with Gasteiger partial charge in [0.2, 0.25) is 5.91 Å². The number of rotatable bonds is 4. The smallest absolute Gasteiger partial charge is 0.223 e. The summed E-state index contributed by atoms with van der Waals surface area (Å²) in [6.07, 6.45) is 4.70. The lowest BCUT2D eigenvalue weighted by molar-refractivity contribution is -0.125. The van der Waals surface area contributed by atoms with Gasteiger partial charge in [0.05, 0.1) is 6.10 Å². The van der Waals surface area contributed by atoms with Crippen LogP contribution in [0.4, 0.5) is 5.69 Å². The van der Waals surface area contributed by atoms with Crippen molar-refractivity contribution >= 4 is 11.6 Å². The lowest BCUT2D eigenvalue weighted by Crippen LogP contribution is -2.32. The fraction of sp³-hybridized carbons (Fsp3) is 0.588. The van der Waals surface area contributed by atoms with Crippen LogP contribution in [-0.2, 0) is 11.2 Å². The summed E-state index contributed by atoms with van der Waals surface area (Å²) in [5, 5.41) is 13.2. The fourth-order valence-corrected chi connectivity index (χ4v) is 3.44. The van der Waals surface area contributed by atoms with E-state index in [0.29, 0.717) is 6.54 Å². The zero-order valence-corrected chi connectivity index (χ0v) is 12.6. The van der Waals surface area contributed by atoms with Crippen molar-refractivity contribution in [1.29, 1.82) is 0 Å². The summed E-state index contributed by atoms with van der Waals surface area (Å²) in [5.41, 5.74) is 3.44. The van der Waals surface area contributed by atoms with Crippen LogP contribution in [0.3, 0.4) is 0 Å². The molecule has 3 rings (SSSR count). The minimum Gasteiger partial charge on any atom is -0.387 e. The zero-order valence-electron chi connectivity index (χ0n) is 12.6. The molecular weight excluding hydrogens is 264 g/mol. The Morgan fingerprint density at radius 1 is 1.43 bits per heavy atom. The molecule has 2 aliphatic rings. The third kappa shape index (κ3) is 3.05. The van der Waals surface area contributed by atoms with E-state index in [-0.39, 0.29) is 11.8 Å². The number of fused-ring (bicyclic) bond motifs is 1. The van der Waals surface area contributed by atoms with Crippen LogP contribution >= 0.6 is 0 Å². The van der Waals surface area contributed by atoms with E-state index in [0.717, 1.165) is 44.2 Å². The minimum atomic E-state index is -0.619. The summed E-state index contributed by atoms with van der Waals surface area (Å²) < 4.78 is 0. The first-order valence-electron chi connectivity index (χ1n) is 7.95. The van der Waals surface area contributed by atoms with Gasteiger partial charge in [0.1, 0.15) is 0 Å². The van der Waals surface area contributed by atoms with Crippen LogP contribution in [0.15, 0.2) is 18.2 Å². The third-order valence-corrected chi connectivity index (χ3v) is 4.81. The van der Waals surface area contributed by atoms with Crippen LogP contribution in [0.1, 0.15) is 42.9 Å². The minimum absolute atomic E-state index is 0.104. The van der Waals surface area contributed by atoms with Gasteiger partial charge in [-0.3, -0.25) is 4.79 Å². The van der Waals surface area contributed by atoms with Crippen molar-refractivity contribution in [2.24, 2.45) is 5.92 Å². The quantitative estimate of drug-likeness (QED) is 0.891. The summed E-state index contributed by atoms with van der Waals surface area (Å²) in [5.74, 6) is 0.262. The third-order valence-electron chi connectivity index (χ3n) is 4.81. The molecule has 1 aromatic carbocycles. The largest absolute Gasteiger partial charge is 0.387 e. The van der Waals surface area contributed by atoms with Crippen LogP contribution in [0.25, 0.3) is 0 Å². The number of nitrogens with zero attached hydrogens (tertiary/aromatic N) is 1. The average molecular weight is 288 g/mol. The molecule has 0 saturated heterocycles. The lowest BCUT2D eigenvalue weighted by atomic mass is 10.0. The molecule has 21 heavy (non-hydrogen) atoms. The van der Waals surface area contributed by atoms with Gasteiger partial charge in [0.25, 0.3) is 0 Å². The Morgan fingerprint density at radius 3 is 2.95 bits per heavy atom. The molecule has 4 nitrogen and oxygen atoms in total. The van der Waals surface area contributed by atoms with Gasteiger partial charge in [-0.2, -0.15) is 0 Å². The highest BCUT2D eigenvalue weighted by molar-refractivity contribution is 5.78. The number of nitrogens with one attached hydrogen (secondary N) is 1. The van der Waals surface area contributed by atoms with Crippen LogP contribution in [0.2, 0.25) is 0 Å². The number of benzene rings is 1. The van der Waals surface area contributed by atoms with E-state index in [9.17, 15) is 9.90 Å². The Morgan fingerprint density at radius 2 is 2.19 bits per heavy atom. The molecule has 0 radical (unpaired) electrons. The number of carbonyl (C=O) groups is 1. The van der Waals surface area contributed by atoms with Gasteiger partial charge >= 0.3 is 0 Å². The van der Waals surface area contributed by atoms with Crippen LogP contribution in [0.5, 0.6) is 0 Å². The Kier molecular flexibility index (Phi) is 4.15. The molecule has 0 spiro atoms. The van der Waals surface area contributed by atoms with Crippen LogP contribution < -0.4 is 10.2 Å². The number of likely N-dealkylation sites (N-methyl/N-ethyl adjacent to an activating group) is 1. The summed E-state index contributed by atoms with van der Waals surface area (Å²) in [4.78, 5) is 14.2. The molecule has 1 unspecified atom stereocenters. The Hall–Kier alpha value is -1.55. The van der Waals surface area contributed by atoms with Gasteiger partial charge in [-0.15, -0.1) is 0 Å².